The Bertz CT molecular complexity index is 619. The number of nitrogens with one attached hydrogen (secondary N) is 1. The van der Waals surface area contributed by atoms with E-state index in [9.17, 15) is 9.59 Å². The molecule has 0 radical (unpaired) electrons. The zero-order valence-corrected chi connectivity index (χ0v) is 26.5. The van der Waals surface area contributed by atoms with E-state index in [-0.39, 0.29) is 13.2 Å². The summed E-state index contributed by atoms with van der Waals surface area (Å²) < 4.78 is 63.7. The highest BCUT2D eigenvalue weighted by atomic mass is 16.6. The number of aliphatic carboxylic acids is 1. The Hall–Kier alpha value is -1.58. The third kappa shape index (κ3) is 40.4. The normalized spacial score (nSPS) is 11.3. The van der Waals surface area contributed by atoms with E-state index in [1.54, 1.807) is 0 Å². The first kappa shape index (κ1) is 43.4. The Kier molecular flexibility index (Phi) is 37.2. The highest BCUT2D eigenvalue weighted by Crippen LogP contribution is 1.87. The van der Waals surface area contributed by atoms with Crippen LogP contribution in [-0.4, -0.2) is 194 Å². The van der Waals surface area contributed by atoms with Crippen molar-refractivity contribution in [1.82, 2.24) is 5.32 Å². The van der Waals surface area contributed by atoms with Crippen molar-refractivity contribution >= 4 is 11.9 Å². The number of hydrogen-bond donors (Lipinski definition) is 3. The zero-order valence-electron chi connectivity index (χ0n) is 26.5. The van der Waals surface area contributed by atoms with Crippen molar-refractivity contribution in [3.8, 4) is 0 Å². The van der Waals surface area contributed by atoms with Crippen LogP contribution in [0.2, 0.25) is 0 Å². The summed E-state index contributed by atoms with van der Waals surface area (Å²) in [4.78, 5) is 21.6. The molecule has 0 rings (SSSR count). The topological polar surface area (TPSA) is 197 Å². The molecule has 0 unspecified atom stereocenters. The van der Waals surface area contributed by atoms with Gasteiger partial charge in [0.2, 0.25) is 5.91 Å². The van der Waals surface area contributed by atoms with Crippen molar-refractivity contribution in [2.24, 2.45) is 0 Å². The molecule has 17 nitrogen and oxygen atoms in total. The molecule has 268 valence electrons. The number of hydrogen-bond acceptors (Lipinski definition) is 15. The van der Waals surface area contributed by atoms with Gasteiger partial charge in [0.05, 0.1) is 152 Å². The number of amides is 1. The van der Waals surface area contributed by atoms with Gasteiger partial charge in [0.1, 0.15) is 13.2 Å². The van der Waals surface area contributed by atoms with E-state index in [1.165, 1.54) is 0 Å². The van der Waals surface area contributed by atoms with Crippen LogP contribution in [0.15, 0.2) is 0 Å². The lowest BCUT2D eigenvalue weighted by Gasteiger charge is -2.09. The molecule has 0 aromatic carbocycles. The van der Waals surface area contributed by atoms with Gasteiger partial charge < -0.3 is 72.4 Å². The van der Waals surface area contributed by atoms with Crippen molar-refractivity contribution < 1.29 is 76.6 Å². The predicted octanol–water partition coefficient (Wildman–Crippen LogP) is -1.62. The van der Waals surface area contributed by atoms with Crippen LogP contribution >= 0.6 is 0 Å². The summed E-state index contributed by atoms with van der Waals surface area (Å²) in [5.74, 6) is -1.52. The Morgan fingerprint density at radius 2 is 0.644 bits per heavy atom. The van der Waals surface area contributed by atoms with E-state index in [2.05, 4.69) is 10.1 Å². The first-order chi connectivity index (χ1) is 22.2. The average Bonchev–Trinajstić information content (AvgIpc) is 3.02. The fourth-order valence-corrected chi connectivity index (χ4v) is 2.91. The fourth-order valence-electron chi connectivity index (χ4n) is 2.91. The molecule has 0 fully saturated rings. The molecule has 0 spiro atoms. The first-order valence-corrected chi connectivity index (χ1v) is 15.2. The Morgan fingerprint density at radius 1 is 0.378 bits per heavy atom. The highest BCUT2D eigenvalue weighted by Gasteiger charge is 2.03. The minimum atomic E-state index is -1.13. The number of rotatable bonds is 39. The average molecular weight is 662 g/mol. The maximum atomic E-state index is 11.3. The van der Waals surface area contributed by atoms with E-state index < -0.39 is 18.5 Å². The van der Waals surface area contributed by atoms with Gasteiger partial charge in [0, 0.05) is 6.54 Å². The minimum absolute atomic E-state index is 0.0170. The van der Waals surface area contributed by atoms with Gasteiger partial charge in [-0.2, -0.15) is 0 Å². The Balaban J connectivity index is 3.08. The molecule has 0 heterocycles. The van der Waals surface area contributed by atoms with E-state index >= 15 is 0 Å². The minimum Gasteiger partial charge on any atom is -0.480 e. The maximum Gasteiger partial charge on any atom is 0.329 e. The summed E-state index contributed by atoms with van der Waals surface area (Å²) in [5.41, 5.74) is 0. The molecule has 17 heteroatoms. The summed E-state index contributed by atoms with van der Waals surface area (Å²) in [6, 6.07) is 0. The molecule has 3 N–H and O–H groups in total. The molecule has 0 atom stereocenters. The second-order valence-corrected chi connectivity index (χ2v) is 8.70. The van der Waals surface area contributed by atoms with Crippen molar-refractivity contribution in [1.29, 1.82) is 0 Å². The number of aliphatic hydroxyl groups is 1. The summed E-state index contributed by atoms with van der Waals surface area (Å²) in [6.07, 6.45) is 0. The van der Waals surface area contributed by atoms with Crippen molar-refractivity contribution in [2.75, 3.05) is 172 Å². The second kappa shape index (κ2) is 38.6. The predicted molar refractivity (Wildman–Crippen MR) is 158 cm³/mol. The number of carboxylic acids is 1. The summed E-state index contributed by atoms with van der Waals surface area (Å²) in [6.45, 7) is 9.46. The van der Waals surface area contributed by atoms with E-state index in [0.717, 1.165) is 0 Å². The molecule has 45 heavy (non-hydrogen) atoms. The Labute approximate surface area is 265 Å². The molecule has 0 aliphatic heterocycles. The number of carbonyl (C=O) groups is 2. The number of carbonyl (C=O) groups excluding carboxylic acids is 1. The molecular formula is C28H55NO16. The largest absolute Gasteiger partial charge is 0.480 e. The highest BCUT2D eigenvalue weighted by molar-refractivity contribution is 5.77. The molecule has 0 aliphatic carbocycles. The van der Waals surface area contributed by atoms with Gasteiger partial charge in [-0.3, -0.25) is 4.79 Å². The lowest BCUT2D eigenvalue weighted by atomic mass is 10.6. The Morgan fingerprint density at radius 3 is 0.911 bits per heavy atom. The zero-order chi connectivity index (χ0) is 32.7. The number of aliphatic hydroxyl groups excluding tert-OH is 1. The van der Waals surface area contributed by atoms with Crippen molar-refractivity contribution in [3.63, 3.8) is 0 Å². The molecule has 0 aromatic heterocycles. The van der Waals surface area contributed by atoms with Gasteiger partial charge in [-0.15, -0.1) is 0 Å². The van der Waals surface area contributed by atoms with Crippen LogP contribution in [0.1, 0.15) is 0 Å². The van der Waals surface area contributed by atoms with Gasteiger partial charge in [-0.25, -0.2) is 4.79 Å². The van der Waals surface area contributed by atoms with E-state index in [1.807, 2.05) is 0 Å². The second-order valence-electron chi connectivity index (χ2n) is 8.70. The quantitative estimate of drug-likeness (QED) is 0.0635. The monoisotopic (exact) mass is 661 g/mol. The van der Waals surface area contributed by atoms with Crippen LogP contribution in [-0.2, 0) is 66.4 Å². The van der Waals surface area contributed by atoms with Gasteiger partial charge in [-0.1, -0.05) is 0 Å². The van der Waals surface area contributed by atoms with Crippen LogP contribution in [0.5, 0.6) is 0 Å². The smallest absolute Gasteiger partial charge is 0.329 e. The standard InChI is InChI=1S/C28H55NO16/c30-2-4-35-6-8-37-10-12-39-14-16-41-18-20-43-22-24-44-23-21-42-19-17-40-15-13-38-11-9-36-7-5-34-3-1-29-27(31)25-45-26-28(32)33/h30H,1-26H2,(H,29,31)(H,32,33). The molecule has 0 bridgehead atoms. The summed E-state index contributed by atoms with van der Waals surface area (Å²) in [5, 5.41) is 19.5. The van der Waals surface area contributed by atoms with Crippen LogP contribution in [0.3, 0.4) is 0 Å². The molecule has 0 aliphatic rings. The molecule has 0 aromatic rings. The van der Waals surface area contributed by atoms with E-state index in [0.29, 0.717) is 152 Å². The maximum absolute atomic E-state index is 11.3. The van der Waals surface area contributed by atoms with Gasteiger partial charge in [0.25, 0.3) is 0 Å². The van der Waals surface area contributed by atoms with Crippen LogP contribution in [0.25, 0.3) is 0 Å². The van der Waals surface area contributed by atoms with Crippen molar-refractivity contribution in [3.05, 3.63) is 0 Å². The number of ether oxygens (including phenoxy) is 12. The molecule has 0 saturated carbocycles. The first-order valence-electron chi connectivity index (χ1n) is 15.2. The summed E-state index contributed by atoms with van der Waals surface area (Å²) in [7, 11) is 0. The van der Waals surface area contributed by atoms with Crippen LogP contribution in [0, 0.1) is 0 Å². The SMILES string of the molecule is O=C(O)COCC(=O)NCCOCCOCCOCCOCCOCCOCCOCCOCCOCCOCCOCCO. The lowest BCUT2D eigenvalue weighted by Crippen LogP contribution is -2.31. The van der Waals surface area contributed by atoms with Crippen LogP contribution in [0.4, 0.5) is 0 Å². The van der Waals surface area contributed by atoms with Gasteiger partial charge >= 0.3 is 5.97 Å². The lowest BCUT2D eigenvalue weighted by molar-refractivity contribution is -0.143. The molecular weight excluding hydrogens is 606 g/mol. The molecule has 0 saturated heterocycles. The fraction of sp³-hybridized carbons (Fsp3) is 0.929. The van der Waals surface area contributed by atoms with Gasteiger partial charge in [-0.05, 0) is 0 Å². The number of carboxylic acid groups (broad SMARTS) is 1. The molecule has 1 amide bonds. The third-order valence-electron chi connectivity index (χ3n) is 4.98. The third-order valence-corrected chi connectivity index (χ3v) is 4.98. The van der Waals surface area contributed by atoms with Crippen molar-refractivity contribution in [2.45, 2.75) is 0 Å². The van der Waals surface area contributed by atoms with E-state index in [4.69, 9.17) is 62.3 Å². The van der Waals surface area contributed by atoms with Gasteiger partial charge in [0.15, 0.2) is 0 Å². The van der Waals surface area contributed by atoms with Crippen LogP contribution < -0.4 is 5.32 Å². The summed E-state index contributed by atoms with van der Waals surface area (Å²) >= 11 is 0.